The maximum Gasteiger partial charge on any atom is 0.147 e. The molecule has 5 nitrogen and oxygen atoms in total. The van der Waals surface area contributed by atoms with Crippen LogP contribution in [0.2, 0.25) is 0 Å². The molecule has 2 rings (SSSR count). The van der Waals surface area contributed by atoms with E-state index < -0.39 is 0 Å². The Bertz CT molecular complexity index is 371. The quantitative estimate of drug-likeness (QED) is 0.828. The lowest BCUT2D eigenvalue weighted by molar-refractivity contribution is 0.199. The van der Waals surface area contributed by atoms with Gasteiger partial charge in [-0.2, -0.15) is 0 Å². The molecule has 0 aromatic carbocycles. The fourth-order valence-electron chi connectivity index (χ4n) is 2.30. The topological polar surface area (TPSA) is 52.5 Å². The summed E-state index contributed by atoms with van der Waals surface area (Å²) in [6.07, 6.45) is 3.38. The first kappa shape index (κ1) is 12.3. The highest BCUT2D eigenvalue weighted by atomic mass is 16.3. The second kappa shape index (κ2) is 5.42. The third-order valence-corrected chi connectivity index (χ3v) is 3.33. The number of aliphatic hydroxyl groups excluding tert-OH is 1. The summed E-state index contributed by atoms with van der Waals surface area (Å²) in [5.41, 5.74) is 0.632. The Balaban J connectivity index is 2.08. The molecular formula is C12H20N4O. The monoisotopic (exact) mass is 236 g/mol. The minimum absolute atomic E-state index is 0.0503. The lowest BCUT2D eigenvalue weighted by Crippen LogP contribution is -2.52. The summed E-state index contributed by atoms with van der Waals surface area (Å²) < 4.78 is 0. The van der Waals surface area contributed by atoms with Crippen molar-refractivity contribution in [3.8, 4) is 0 Å². The molecule has 1 aromatic heterocycles. The highest BCUT2D eigenvalue weighted by Crippen LogP contribution is 2.16. The predicted octanol–water partition coefficient (Wildman–Crippen LogP) is 0.499. The molecule has 94 valence electrons. The van der Waals surface area contributed by atoms with Crippen LogP contribution >= 0.6 is 0 Å². The fraction of sp³-hybridized carbons (Fsp3) is 0.667. The standard InChI is InChI=1S/C12H20N4O/c1-3-15-4-5-16(8-10(15)2)12-7-13-6-11(9-17)14-12/h6-7,10,17H,3-5,8-9H2,1-2H3. The van der Waals surface area contributed by atoms with Crippen molar-refractivity contribution in [2.75, 3.05) is 31.1 Å². The average Bonchev–Trinajstić information content (AvgIpc) is 2.38. The molecule has 0 radical (unpaired) electrons. The van der Waals surface area contributed by atoms with Crippen LogP contribution < -0.4 is 4.90 Å². The number of likely N-dealkylation sites (N-methyl/N-ethyl adjacent to an activating group) is 1. The molecule has 5 heteroatoms. The van der Waals surface area contributed by atoms with Crippen LogP contribution in [0.4, 0.5) is 5.82 Å². The Morgan fingerprint density at radius 3 is 2.88 bits per heavy atom. The van der Waals surface area contributed by atoms with Gasteiger partial charge in [0.2, 0.25) is 0 Å². The van der Waals surface area contributed by atoms with Crippen LogP contribution in [0.1, 0.15) is 19.5 Å². The Morgan fingerprint density at radius 1 is 1.41 bits per heavy atom. The van der Waals surface area contributed by atoms with E-state index in [9.17, 15) is 0 Å². The zero-order valence-corrected chi connectivity index (χ0v) is 10.5. The predicted molar refractivity (Wildman–Crippen MR) is 66.9 cm³/mol. The fourth-order valence-corrected chi connectivity index (χ4v) is 2.30. The van der Waals surface area contributed by atoms with Crippen molar-refractivity contribution in [3.63, 3.8) is 0 Å². The van der Waals surface area contributed by atoms with Gasteiger partial charge in [-0.25, -0.2) is 4.98 Å². The first-order valence-corrected chi connectivity index (χ1v) is 6.15. The zero-order chi connectivity index (χ0) is 12.3. The molecule has 17 heavy (non-hydrogen) atoms. The largest absolute Gasteiger partial charge is 0.390 e. The molecule has 0 spiro atoms. The van der Waals surface area contributed by atoms with E-state index in [0.717, 1.165) is 32.0 Å². The van der Waals surface area contributed by atoms with E-state index in [1.165, 1.54) is 0 Å². The molecule has 1 aliphatic rings. The van der Waals surface area contributed by atoms with Gasteiger partial charge in [-0.15, -0.1) is 0 Å². The molecule has 1 unspecified atom stereocenters. The Morgan fingerprint density at radius 2 is 2.24 bits per heavy atom. The number of aliphatic hydroxyl groups is 1. The Labute approximate surface area is 102 Å². The molecular weight excluding hydrogens is 216 g/mol. The number of hydrogen-bond acceptors (Lipinski definition) is 5. The lowest BCUT2D eigenvalue weighted by Gasteiger charge is -2.39. The minimum Gasteiger partial charge on any atom is -0.390 e. The smallest absolute Gasteiger partial charge is 0.147 e. The second-order valence-corrected chi connectivity index (χ2v) is 4.45. The van der Waals surface area contributed by atoms with E-state index in [0.29, 0.717) is 11.7 Å². The molecule has 1 fully saturated rings. The molecule has 1 saturated heterocycles. The summed E-state index contributed by atoms with van der Waals surface area (Å²) in [5, 5.41) is 9.06. The Hall–Kier alpha value is -1.20. The van der Waals surface area contributed by atoms with Gasteiger partial charge in [-0.05, 0) is 13.5 Å². The molecule has 1 aliphatic heterocycles. The average molecular weight is 236 g/mol. The molecule has 1 aromatic rings. The summed E-state index contributed by atoms with van der Waals surface area (Å²) in [7, 11) is 0. The van der Waals surface area contributed by atoms with Crippen LogP contribution in [-0.4, -0.2) is 52.2 Å². The maximum absolute atomic E-state index is 9.06. The molecule has 0 amide bonds. The van der Waals surface area contributed by atoms with Crippen LogP contribution in [0.15, 0.2) is 12.4 Å². The van der Waals surface area contributed by atoms with Crippen molar-refractivity contribution in [1.82, 2.24) is 14.9 Å². The van der Waals surface area contributed by atoms with Crippen LogP contribution in [0.25, 0.3) is 0 Å². The van der Waals surface area contributed by atoms with Gasteiger partial charge in [0.1, 0.15) is 5.82 Å². The van der Waals surface area contributed by atoms with Crippen LogP contribution in [0.3, 0.4) is 0 Å². The number of hydrogen-bond donors (Lipinski definition) is 1. The zero-order valence-electron chi connectivity index (χ0n) is 10.5. The van der Waals surface area contributed by atoms with Gasteiger partial charge in [0.25, 0.3) is 0 Å². The van der Waals surface area contributed by atoms with Crippen LogP contribution in [0, 0.1) is 0 Å². The summed E-state index contributed by atoms with van der Waals surface area (Å²) in [6.45, 7) is 8.47. The van der Waals surface area contributed by atoms with Gasteiger partial charge < -0.3 is 10.0 Å². The number of rotatable bonds is 3. The van der Waals surface area contributed by atoms with Crippen molar-refractivity contribution >= 4 is 5.82 Å². The summed E-state index contributed by atoms with van der Waals surface area (Å²) in [4.78, 5) is 13.2. The van der Waals surface area contributed by atoms with Crippen molar-refractivity contribution in [3.05, 3.63) is 18.1 Å². The molecule has 0 saturated carbocycles. The van der Waals surface area contributed by atoms with Crippen molar-refractivity contribution in [2.24, 2.45) is 0 Å². The maximum atomic E-state index is 9.06. The molecule has 1 N–H and O–H groups in total. The van der Waals surface area contributed by atoms with Gasteiger partial charge in [0.05, 0.1) is 24.7 Å². The third kappa shape index (κ3) is 2.73. The highest BCUT2D eigenvalue weighted by molar-refractivity contribution is 5.37. The minimum atomic E-state index is -0.0503. The van der Waals surface area contributed by atoms with Crippen molar-refractivity contribution < 1.29 is 5.11 Å². The van der Waals surface area contributed by atoms with Gasteiger partial charge in [0.15, 0.2) is 0 Å². The van der Waals surface area contributed by atoms with Crippen molar-refractivity contribution in [1.29, 1.82) is 0 Å². The highest BCUT2D eigenvalue weighted by Gasteiger charge is 2.23. The van der Waals surface area contributed by atoms with E-state index in [1.54, 1.807) is 12.4 Å². The van der Waals surface area contributed by atoms with E-state index in [-0.39, 0.29) is 6.61 Å². The van der Waals surface area contributed by atoms with Gasteiger partial charge >= 0.3 is 0 Å². The van der Waals surface area contributed by atoms with E-state index in [2.05, 4.69) is 33.6 Å². The van der Waals surface area contributed by atoms with E-state index in [4.69, 9.17) is 5.11 Å². The van der Waals surface area contributed by atoms with Gasteiger partial charge in [-0.3, -0.25) is 9.88 Å². The summed E-state index contributed by atoms with van der Waals surface area (Å²) in [6, 6.07) is 0.535. The number of nitrogens with zero attached hydrogens (tertiary/aromatic N) is 4. The first-order valence-electron chi connectivity index (χ1n) is 6.15. The SMILES string of the molecule is CCN1CCN(c2cncc(CO)n2)CC1C. The van der Waals surface area contributed by atoms with Crippen LogP contribution in [-0.2, 0) is 6.61 Å². The Kier molecular flexibility index (Phi) is 3.91. The molecule has 0 bridgehead atoms. The summed E-state index contributed by atoms with van der Waals surface area (Å²) >= 11 is 0. The number of aromatic nitrogens is 2. The van der Waals surface area contributed by atoms with Gasteiger partial charge in [0, 0.05) is 25.7 Å². The number of anilines is 1. The number of piperazine rings is 1. The normalized spacial score (nSPS) is 21.8. The molecule has 2 heterocycles. The lowest BCUT2D eigenvalue weighted by atomic mass is 10.2. The third-order valence-electron chi connectivity index (χ3n) is 3.33. The summed E-state index contributed by atoms with van der Waals surface area (Å²) in [5.74, 6) is 0.874. The van der Waals surface area contributed by atoms with E-state index >= 15 is 0 Å². The van der Waals surface area contributed by atoms with Crippen LogP contribution in [0.5, 0.6) is 0 Å². The first-order chi connectivity index (χ1) is 8.24. The van der Waals surface area contributed by atoms with Gasteiger partial charge in [-0.1, -0.05) is 6.92 Å². The molecule has 0 aliphatic carbocycles. The second-order valence-electron chi connectivity index (χ2n) is 4.45. The van der Waals surface area contributed by atoms with E-state index in [1.807, 2.05) is 0 Å². The molecule has 1 atom stereocenters. The van der Waals surface area contributed by atoms with Crippen molar-refractivity contribution in [2.45, 2.75) is 26.5 Å².